The summed E-state index contributed by atoms with van der Waals surface area (Å²) in [5.74, 6) is -1.77. The van der Waals surface area contributed by atoms with Crippen LogP contribution in [0.4, 0.5) is 0 Å². The molecule has 0 radical (unpaired) electrons. The van der Waals surface area contributed by atoms with Crippen LogP contribution in [0.2, 0.25) is 0 Å². The van der Waals surface area contributed by atoms with Gasteiger partial charge in [0.2, 0.25) is 0 Å². The summed E-state index contributed by atoms with van der Waals surface area (Å²) in [6.45, 7) is 1.89. The lowest BCUT2D eigenvalue weighted by molar-refractivity contribution is -0.136. The number of nitrogens with one attached hydrogen (secondary N) is 1. The van der Waals surface area contributed by atoms with Crippen LogP contribution in [-0.4, -0.2) is 17.8 Å². The van der Waals surface area contributed by atoms with Crippen molar-refractivity contribution in [2.75, 3.05) is 0 Å². The summed E-state index contributed by atoms with van der Waals surface area (Å²) in [5, 5.41) is 2.20. The molecule has 5 nitrogen and oxygen atoms in total. The Bertz CT molecular complexity index is 783. The highest BCUT2D eigenvalue weighted by Gasteiger charge is 2.31. The van der Waals surface area contributed by atoms with Gasteiger partial charge >= 0.3 is 5.97 Å². The Morgan fingerprint density at radius 3 is 2.48 bits per heavy atom. The lowest BCUT2D eigenvalue weighted by Gasteiger charge is -2.15. The molecule has 0 fully saturated rings. The van der Waals surface area contributed by atoms with Crippen molar-refractivity contribution in [2.45, 2.75) is 19.3 Å². The average molecular weight is 309 g/mol. The molecule has 1 N–H and O–H groups in total. The lowest BCUT2D eigenvalue weighted by atomic mass is 9.97. The van der Waals surface area contributed by atoms with E-state index in [4.69, 9.17) is 4.74 Å². The molecule has 2 aromatic carbocycles. The van der Waals surface area contributed by atoms with Crippen molar-refractivity contribution in [1.82, 2.24) is 5.32 Å². The van der Waals surface area contributed by atoms with E-state index in [1.165, 1.54) is 12.1 Å². The van der Waals surface area contributed by atoms with Crippen LogP contribution in [0.25, 0.3) is 0 Å². The zero-order valence-corrected chi connectivity index (χ0v) is 12.5. The van der Waals surface area contributed by atoms with Crippen molar-refractivity contribution in [3.63, 3.8) is 0 Å². The molecule has 1 atom stereocenters. The molecule has 0 bridgehead atoms. The van der Waals surface area contributed by atoms with Gasteiger partial charge in [0.25, 0.3) is 11.8 Å². The van der Waals surface area contributed by atoms with Crippen molar-refractivity contribution in [1.29, 1.82) is 0 Å². The number of rotatable bonds is 4. The highest BCUT2D eigenvalue weighted by molar-refractivity contribution is 6.22. The number of hydrogen-bond acceptors (Lipinski definition) is 4. The van der Waals surface area contributed by atoms with Gasteiger partial charge in [0.15, 0.2) is 0 Å². The number of benzene rings is 2. The molecule has 0 saturated carbocycles. The van der Waals surface area contributed by atoms with E-state index in [1.54, 1.807) is 6.07 Å². The Hall–Kier alpha value is -2.95. The van der Waals surface area contributed by atoms with Gasteiger partial charge in [-0.15, -0.1) is 0 Å². The fraction of sp³-hybridized carbons (Fsp3) is 0.167. The Kier molecular flexibility index (Phi) is 3.93. The van der Waals surface area contributed by atoms with Crippen molar-refractivity contribution < 1.29 is 19.1 Å². The molecule has 5 heteroatoms. The fourth-order valence-corrected chi connectivity index (χ4v) is 2.68. The maximum atomic E-state index is 12.5. The molecule has 23 heavy (non-hydrogen) atoms. The number of hydrogen-bond donors (Lipinski definition) is 1. The molecule has 0 aliphatic carbocycles. The highest BCUT2D eigenvalue weighted by atomic mass is 16.5. The molecule has 1 aliphatic rings. The summed E-state index contributed by atoms with van der Waals surface area (Å²) >= 11 is 0. The Morgan fingerprint density at radius 1 is 1.04 bits per heavy atom. The molecule has 0 saturated heterocycles. The second-order valence-corrected chi connectivity index (χ2v) is 5.25. The van der Waals surface area contributed by atoms with Crippen LogP contribution in [-0.2, 0) is 4.79 Å². The average Bonchev–Trinajstić information content (AvgIpc) is 2.85. The first-order valence-corrected chi connectivity index (χ1v) is 7.37. The van der Waals surface area contributed by atoms with Crippen molar-refractivity contribution in [3.05, 3.63) is 65.2 Å². The van der Waals surface area contributed by atoms with Crippen molar-refractivity contribution in [3.8, 4) is 5.75 Å². The Balaban J connectivity index is 1.89. The number of fused-ring (bicyclic) bond motifs is 1. The smallest absolute Gasteiger partial charge is 0.318 e. The first kappa shape index (κ1) is 15.0. The minimum absolute atomic E-state index is 0.116. The second kappa shape index (κ2) is 6.04. The predicted molar refractivity (Wildman–Crippen MR) is 83.3 cm³/mol. The highest BCUT2D eigenvalue weighted by Crippen LogP contribution is 2.29. The Morgan fingerprint density at radius 2 is 1.78 bits per heavy atom. The maximum Gasteiger partial charge on any atom is 0.318 e. The van der Waals surface area contributed by atoms with Crippen molar-refractivity contribution >= 4 is 17.8 Å². The SMILES string of the molecule is CCC(C(=O)Oc1cccc2c1C(=O)NC2=O)c1ccccc1. The molecule has 2 amide bonds. The van der Waals surface area contributed by atoms with E-state index in [9.17, 15) is 14.4 Å². The molecule has 0 aromatic heterocycles. The third kappa shape index (κ3) is 2.73. The summed E-state index contributed by atoms with van der Waals surface area (Å²) in [7, 11) is 0. The van der Waals surface area contributed by atoms with E-state index in [-0.39, 0.29) is 16.9 Å². The molecule has 116 valence electrons. The summed E-state index contributed by atoms with van der Waals surface area (Å²) in [6, 6.07) is 14.0. The number of carbonyl (C=O) groups is 3. The number of amides is 2. The van der Waals surface area contributed by atoms with E-state index in [0.29, 0.717) is 6.42 Å². The van der Waals surface area contributed by atoms with Crippen LogP contribution >= 0.6 is 0 Å². The molecular weight excluding hydrogens is 294 g/mol. The topological polar surface area (TPSA) is 72.5 Å². The van der Waals surface area contributed by atoms with E-state index in [0.717, 1.165) is 5.56 Å². The number of ether oxygens (including phenoxy) is 1. The van der Waals surface area contributed by atoms with E-state index in [2.05, 4.69) is 5.32 Å². The molecule has 3 rings (SSSR count). The maximum absolute atomic E-state index is 12.5. The van der Waals surface area contributed by atoms with Gasteiger partial charge < -0.3 is 4.74 Å². The standard InChI is InChI=1S/C18H15NO4/c1-2-12(11-7-4-3-5-8-11)18(22)23-14-10-6-9-13-15(14)17(21)19-16(13)20/h3-10,12H,2H2,1H3,(H,19,20,21). The van der Waals surface area contributed by atoms with Gasteiger partial charge in [0.1, 0.15) is 5.75 Å². The predicted octanol–water partition coefficient (Wildman–Crippen LogP) is 2.67. The summed E-state index contributed by atoms with van der Waals surface area (Å²) in [4.78, 5) is 36.0. The van der Waals surface area contributed by atoms with E-state index >= 15 is 0 Å². The molecular formula is C18H15NO4. The van der Waals surface area contributed by atoms with Gasteiger partial charge in [0.05, 0.1) is 17.0 Å². The normalized spacial score (nSPS) is 14.1. The van der Waals surface area contributed by atoms with Gasteiger partial charge in [-0.25, -0.2) is 0 Å². The van der Waals surface area contributed by atoms with Gasteiger partial charge in [-0.2, -0.15) is 0 Å². The summed E-state index contributed by atoms with van der Waals surface area (Å²) < 4.78 is 5.43. The minimum Gasteiger partial charge on any atom is -0.425 e. The van der Waals surface area contributed by atoms with Crippen LogP contribution < -0.4 is 10.1 Å². The van der Waals surface area contributed by atoms with E-state index in [1.807, 2.05) is 37.3 Å². The zero-order valence-electron chi connectivity index (χ0n) is 12.5. The number of esters is 1. The van der Waals surface area contributed by atoms with Gasteiger partial charge in [0, 0.05) is 0 Å². The van der Waals surface area contributed by atoms with Crippen LogP contribution in [0.15, 0.2) is 48.5 Å². The lowest BCUT2D eigenvalue weighted by Crippen LogP contribution is -2.21. The number of carbonyl (C=O) groups excluding carboxylic acids is 3. The van der Waals surface area contributed by atoms with Crippen LogP contribution in [0.1, 0.15) is 45.5 Å². The quantitative estimate of drug-likeness (QED) is 0.535. The molecule has 1 aliphatic heterocycles. The van der Waals surface area contributed by atoms with Gasteiger partial charge in [-0.1, -0.05) is 43.3 Å². The summed E-state index contributed by atoms with van der Waals surface area (Å²) in [6.07, 6.45) is 0.572. The van der Waals surface area contributed by atoms with Gasteiger partial charge in [-0.05, 0) is 24.1 Å². The second-order valence-electron chi connectivity index (χ2n) is 5.25. The molecule has 0 spiro atoms. The summed E-state index contributed by atoms with van der Waals surface area (Å²) in [5.41, 5.74) is 1.20. The molecule has 2 aromatic rings. The third-order valence-electron chi connectivity index (χ3n) is 3.83. The number of imide groups is 1. The first-order valence-electron chi connectivity index (χ1n) is 7.37. The minimum atomic E-state index is -0.541. The van der Waals surface area contributed by atoms with Crippen LogP contribution in [0, 0.1) is 0 Å². The van der Waals surface area contributed by atoms with Gasteiger partial charge in [-0.3, -0.25) is 19.7 Å². The first-order chi connectivity index (χ1) is 11.1. The fourth-order valence-electron chi connectivity index (χ4n) is 2.68. The largest absolute Gasteiger partial charge is 0.425 e. The van der Waals surface area contributed by atoms with Crippen LogP contribution in [0.5, 0.6) is 5.75 Å². The zero-order chi connectivity index (χ0) is 16.4. The molecule has 1 heterocycles. The van der Waals surface area contributed by atoms with Crippen molar-refractivity contribution in [2.24, 2.45) is 0 Å². The third-order valence-corrected chi connectivity index (χ3v) is 3.83. The monoisotopic (exact) mass is 309 g/mol. The molecule has 1 unspecified atom stereocenters. The van der Waals surface area contributed by atoms with Crippen LogP contribution in [0.3, 0.4) is 0 Å². The van der Waals surface area contributed by atoms with E-state index < -0.39 is 23.7 Å². The Labute approximate surface area is 133 Å².